The van der Waals surface area contributed by atoms with Crippen molar-refractivity contribution < 1.29 is 9.90 Å². The van der Waals surface area contributed by atoms with Gasteiger partial charge in [0.2, 0.25) is 5.78 Å². The molecule has 0 aromatic heterocycles. The Morgan fingerprint density at radius 3 is 2.92 bits per heavy atom. The molecule has 1 fully saturated rings. The van der Waals surface area contributed by atoms with Gasteiger partial charge in [-0.25, -0.2) is 0 Å². The van der Waals surface area contributed by atoms with E-state index >= 15 is 0 Å². The standard InChI is InChI=1S/C9H11N2O2/c12-8-6-10-5-7(9(8)13)11-3-1-2-4-11/h6,8,12H,1-4H2. The first-order valence-corrected chi connectivity index (χ1v) is 4.42. The van der Waals surface area contributed by atoms with E-state index in [1.54, 1.807) is 0 Å². The lowest BCUT2D eigenvalue weighted by Gasteiger charge is -2.21. The van der Waals surface area contributed by atoms with E-state index in [0.29, 0.717) is 5.70 Å². The summed E-state index contributed by atoms with van der Waals surface area (Å²) in [5.74, 6) is -0.281. The maximum atomic E-state index is 11.4. The predicted octanol–water partition coefficient (Wildman–Crippen LogP) is -0.259. The van der Waals surface area contributed by atoms with E-state index in [9.17, 15) is 9.90 Å². The van der Waals surface area contributed by atoms with Crippen LogP contribution in [0.2, 0.25) is 0 Å². The average Bonchev–Trinajstić information content (AvgIpc) is 2.62. The van der Waals surface area contributed by atoms with Crippen molar-refractivity contribution in [2.24, 2.45) is 4.99 Å². The first-order valence-electron chi connectivity index (χ1n) is 4.42. The SMILES string of the molecule is O=C1C(N2CCCC2)=[C]N=CC1O. The minimum atomic E-state index is -1.07. The number of carbonyl (C=O) groups excluding carboxylic acids is 1. The molecule has 0 bridgehead atoms. The highest BCUT2D eigenvalue weighted by Gasteiger charge is 2.27. The Hall–Kier alpha value is -1.16. The van der Waals surface area contributed by atoms with Crippen LogP contribution < -0.4 is 0 Å². The zero-order chi connectivity index (χ0) is 9.26. The van der Waals surface area contributed by atoms with Gasteiger partial charge < -0.3 is 10.0 Å². The van der Waals surface area contributed by atoms with Crippen LogP contribution in [-0.4, -0.2) is 41.2 Å². The van der Waals surface area contributed by atoms with Crippen molar-refractivity contribution in [3.05, 3.63) is 11.9 Å². The van der Waals surface area contributed by atoms with E-state index in [2.05, 4.69) is 11.2 Å². The van der Waals surface area contributed by atoms with Gasteiger partial charge in [0, 0.05) is 19.3 Å². The third-order valence-electron chi connectivity index (χ3n) is 2.31. The summed E-state index contributed by atoms with van der Waals surface area (Å²) in [6, 6.07) is 0. The molecule has 1 saturated heterocycles. The summed E-state index contributed by atoms with van der Waals surface area (Å²) in [4.78, 5) is 17.1. The molecule has 1 unspecified atom stereocenters. The summed E-state index contributed by atoms with van der Waals surface area (Å²) in [5, 5.41) is 9.22. The molecule has 1 N–H and O–H groups in total. The molecule has 2 aliphatic heterocycles. The van der Waals surface area contributed by atoms with Crippen LogP contribution in [0.3, 0.4) is 0 Å². The maximum absolute atomic E-state index is 11.4. The summed E-state index contributed by atoms with van der Waals surface area (Å²) < 4.78 is 0. The maximum Gasteiger partial charge on any atom is 0.215 e. The van der Waals surface area contributed by atoms with Crippen LogP contribution in [0.25, 0.3) is 0 Å². The van der Waals surface area contributed by atoms with E-state index < -0.39 is 6.10 Å². The molecule has 0 amide bonds. The summed E-state index contributed by atoms with van der Waals surface area (Å²) in [6.07, 6.45) is 4.97. The first-order chi connectivity index (χ1) is 6.29. The summed E-state index contributed by atoms with van der Waals surface area (Å²) >= 11 is 0. The Morgan fingerprint density at radius 2 is 2.23 bits per heavy atom. The average molecular weight is 179 g/mol. The molecule has 0 saturated carbocycles. The molecular weight excluding hydrogens is 168 g/mol. The lowest BCUT2D eigenvalue weighted by molar-refractivity contribution is -0.121. The van der Waals surface area contributed by atoms with E-state index in [4.69, 9.17) is 0 Å². The monoisotopic (exact) mass is 179 g/mol. The van der Waals surface area contributed by atoms with Crippen molar-refractivity contribution in [2.45, 2.75) is 18.9 Å². The third-order valence-corrected chi connectivity index (χ3v) is 2.31. The Labute approximate surface area is 76.6 Å². The van der Waals surface area contributed by atoms with Crippen molar-refractivity contribution in [1.82, 2.24) is 4.90 Å². The number of ketones is 1. The van der Waals surface area contributed by atoms with Gasteiger partial charge in [0.25, 0.3) is 0 Å². The lowest BCUT2D eigenvalue weighted by atomic mass is 10.1. The van der Waals surface area contributed by atoms with Crippen LogP contribution >= 0.6 is 0 Å². The molecule has 13 heavy (non-hydrogen) atoms. The fraction of sp³-hybridized carbons (Fsp3) is 0.556. The van der Waals surface area contributed by atoms with Gasteiger partial charge in [-0.3, -0.25) is 9.79 Å². The molecule has 0 aromatic rings. The fourth-order valence-corrected chi connectivity index (χ4v) is 1.60. The van der Waals surface area contributed by atoms with E-state index in [0.717, 1.165) is 25.9 Å². The van der Waals surface area contributed by atoms with Gasteiger partial charge in [-0.05, 0) is 12.8 Å². The van der Waals surface area contributed by atoms with E-state index in [1.807, 2.05) is 4.90 Å². The van der Waals surface area contributed by atoms with E-state index in [1.165, 1.54) is 6.21 Å². The normalized spacial score (nSPS) is 28.1. The van der Waals surface area contributed by atoms with Crippen LogP contribution in [0.1, 0.15) is 12.8 Å². The van der Waals surface area contributed by atoms with Gasteiger partial charge in [-0.1, -0.05) is 0 Å². The highest BCUT2D eigenvalue weighted by atomic mass is 16.3. The first kappa shape index (κ1) is 8.44. The molecule has 0 spiro atoms. The molecule has 4 nitrogen and oxygen atoms in total. The van der Waals surface area contributed by atoms with Crippen LogP contribution in [0.15, 0.2) is 10.7 Å². The molecule has 2 aliphatic rings. The highest BCUT2D eigenvalue weighted by Crippen LogP contribution is 2.17. The topological polar surface area (TPSA) is 52.9 Å². The Kier molecular flexibility index (Phi) is 2.14. The van der Waals surface area contributed by atoms with Gasteiger partial charge in [-0.15, -0.1) is 0 Å². The number of Topliss-reactive ketones (excluding diaryl/α,β-unsaturated/α-hetero) is 1. The van der Waals surface area contributed by atoms with Crippen LogP contribution in [0.5, 0.6) is 0 Å². The smallest absolute Gasteiger partial charge is 0.215 e. The van der Waals surface area contributed by atoms with Crippen molar-refractivity contribution in [3.63, 3.8) is 0 Å². The van der Waals surface area contributed by atoms with Crippen LogP contribution in [0.4, 0.5) is 0 Å². The number of hydrogen-bond donors (Lipinski definition) is 1. The molecule has 2 heterocycles. The zero-order valence-electron chi connectivity index (χ0n) is 7.23. The summed E-state index contributed by atoms with van der Waals surface area (Å²) in [7, 11) is 0. The second kappa shape index (κ2) is 3.30. The van der Waals surface area contributed by atoms with Gasteiger partial charge in [0.15, 0.2) is 6.10 Å². The summed E-state index contributed by atoms with van der Waals surface area (Å²) in [5.41, 5.74) is 0.438. The number of hydrogen-bond acceptors (Lipinski definition) is 4. The summed E-state index contributed by atoms with van der Waals surface area (Å²) in [6.45, 7) is 1.74. The number of likely N-dealkylation sites (tertiary alicyclic amines) is 1. The molecule has 2 rings (SSSR count). The van der Waals surface area contributed by atoms with Gasteiger partial charge >= 0.3 is 0 Å². The molecule has 1 radical (unpaired) electrons. The predicted molar refractivity (Wildman–Crippen MR) is 47.1 cm³/mol. The Balaban J connectivity index is 2.17. The largest absolute Gasteiger partial charge is 0.379 e. The third kappa shape index (κ3) is 1.49. The molecule has 1 atom stereocenters. The molecule has 4 heteroatoms. The van der Waals surface area contributed by atoms with Gasteiger partial charge in [-0.2, -0.15) is 0 Å². The molecule has 0 aliphatic carbocycles. The molecule has 69 valence electrons. The lowest BCUT2D eigenvalue weighted by Crippen LogP contribution is -2.34. The van der Waals surface area contributed by atoms with Gasteiger partial charge in [0.05, 0.1) is 0 Å². The van der Waals surface area contributed by atoms with Gasteiger partial charge in [0.1, 0.15) is 11.9 Å². The van der Waals surface area contributed by atoms with Crippen molar-refractivity contribution >= 4 is 12.0 Å². The number of aliphatic hydroxyl groups is 1. The number of carbonyl (C=O) groups is 1. The quantitative estimate of drug-likeness (QED) is 0.603. The molecular formula is C9H11N2O2. The van der Waals surface area contributed by atoms with Crippen molar-refractivity contribution in [2.75, 3.05) is 13.1 Å². The second-order valence-electron chi connectivity index (χ2n) is 3.24. The zero-order valence-corrected chi connectivity index (χ0v) is 7.23. The molecule has 0 aromatic carbocycles. The van der Waals surface area contributed by atoms with Crippen LogP contribution in [0, 0.1) is 6.20 Å². The van der Waals surface area contributed by atoms with Crippen molar-refractivity contribution in [1.29, 1.82) is 0 Å². The second-order valence-corrected chi connectivity index (χ2v) is 3.24. The Morgan fingerprint density at radius 1 is 1.54 bits per heavy atom. The number of aliphatic imine (C=N–C) groups is 1. The minimum Gasteiger partial charge on any atom is -0.379 e. The Bertz CT molecular complexity index is 277. The van der Waals surface area contributed by atoms with E-state index in [-0.39, 0.29) is 5.78 Å². The fourth-order valence-electron chi connectivity index (χ4n) is 1.60. The number of rotatable bonds is 1. The van der Waals surface area contributed by atoms with Crippen LogP contribution in [-0.2, 0) is 4.79 Å². The number of aliphatic hydroxyl groups excluding tert-OH is 1. The number of nitrogens with zero attached hydrogens (tertiary/aromatic N) is 2. The highest BCUT2D eigenvalue weighted by molar-refractivity contribution is 6.08. The minimum absolute atomic E-state index is 0.281. The van der Waals surface area contributed by atoms with Crippen molar-refractivity contribution in [3.8, 4) is 0 Å².